The van der Waals surface area contributed by atoms with Crippen molar-refractivity contribution >= 4 is 23.2 Å². The molecule has 0 aliphatic rings. The zero-order valence-corrected chi connectivity index (χ0v) is 9.68. The number of aryl methyl sites for hydroxylation is 1. The summed E-state index contributed by atoms with van der Waals surface area (Å²) < 4.78 is 1.56. The Morgan fingerprint density at radius 1 is 1.20 bits per heavy atom. The van der Waals surface area contributed by atoms with Gasteiger partial charge in [-0.1, -0.05) is 23.2 Å². The van der Waals surface area contributed by atoms with E-state index in [2.05, 4.69) is 0 Å². The van der Waals surface area contributed by atoms with E-state index in [1.807, 2.05) is 19.1 Å². The predicted octanol–water partition coefficient (Wildman–Crippen LogP) is 3.48. The molecule has 2 N–H and O–H groups in total. The van der Waals surface area contributed by atoms with E-state index in [0.717, 1.165) is 16.8 Å². The molecule has 78 valence electrons. The van der Waals surface area contributed by atoms with Crippen molar-refractivity contribution < 1.29 is 0 Å². The molecule has 2 nitrogen and oxygen atoms in total. The smallest absolute Gasteiger partial charge is 0.0734 e. The van der Waals surface area contributed by atoms with Gasteiger partial charge in [0.1, 0.15) is 0 Å². The third-order valence-electron chi connectivity index (χ3n) is 2.30. The molecule has 4 heteroatoms. The van der Waals surface area contributed by atoms with Crippen LogP contribution in [0.5, 0.6) is 0 Å². The van der Waals surface area contributed by atoms with Crippen molar-refractivity contribution in [3.05, 3.63) is 46.1 Å². The Morgan fingerprint density at radius 3 is 2.47 bits per heavy atom. The molecule has 0 radical (unpaired) electrons. The van der Waals surface area contributed by atoms with E-state index in [0.29, 0.717) is 10.0 Å². The van der Waals surface area contributed by atoms with Gasteiger partial charge >= 0.3 is 0 Å². The lowest BCUT2D eigenvalue weighted by molar-refractivity contribution is 1.02. The van der Waals surface area contributed by atoms with Crippen molar-refractivity contribution in [1.82, 2.24) is 4.68 Å². The van der Waals surface area contributed by atoms with E-state index in [1.54, 1.807) is 23.0 Å². The first-order chi connectivity index (χ1) is 7.09. The van der Waals surface area contributed by atoms with E-state index < -0.39 is 0 Å². The van der Waals surface area contributed by atoms with Gasteiger partial charge in [-0.2, -0.15) is 0 Å². The van der Waals surface area contributed by atoms with Gasteiger partial charge in [0.25, 0.3) is 0 Å². The summed E-state index contributed by atoms with van der Waals surface area (Å²) in [7, 11) is 0. The fourth-order valence-electron chi connectivity index (χ4n) is 1.58. The van der Waals surface area contributed by atoms with Crippen LogP contribution in [0, 0.1) is 6.92 Å². The minimum Gasteiger partial charge on any atom is -0.339 e. The van der Waals surface area contributed by atoms with Crippen LogP contribution in [-0.2, 0) is 0 Å². The van der Waals surface area contributed by atoms with E-state index in [-0.39, 0.29) is 0 Å². The summed E-state index contributed by atoms with van der Waals surface area (Å²) in [5.41, 5.74) is 2.89. The van der Waals surface area contributed by atoms with Gasteiger partial charge in [0.05, 0.1) is 10.7 Å². The number of halogens is 2. The average molecular weight is 241 g/mol. The monoisotopic (exact) mass is 240 g/mol. The van der Waals surface area contributed by atoms with Crippen molar-refractivity contribution in [2.75, 3.05) is 5.84 Å². The number of rotatable bonds is 1. The van der Waals surface area contributed by atoms with Gasteiger partial charge in [0.2, 0.25) is 0 Å². The fourth-order valence-corrected chi connectivity index (χ4v) is 2.08. The number of nitrogen functional groups attached to an aromatic ring is 1. The number of aromatic nitrogens is 1. The van der Waals surface area contributed by atoms with Gasteiger partial charge in [-0.05, 0) is 36.8 Å². The summed E-state index contributed by atoms with van der Waals surface area (Å²) in [4.78, 5) is 0. The molecule has 1 aromatic heterocycles. The average Bonchev–Trinajstić information content (AvgIpc) is 2.48. The van der Waals surface area contributed by atoms with E-state index in [4.69, 9.17) is 29.0 Å². The predicted molar refractivity (Wildman–Crippen MR) is 64.8 cm³/mol. The summed E-state index contributed by atoms with van der Waals surface area (Å²) in [5, 5.41) is 1.23. The van der Waals surface area contributed by atoms with Crippen molar-refractivity contribution in [3.8, 4) is 11.3 Å². The second kappa shape index (κ2) is 3.80. The van der Waals surface area contributed by atoms with Crippen LogP contribution in [-0.4, -0.2) is 4.68 Å². The topological polar surface area (TPSA) is 30.9 Å². The van der Waals surface area contributed by atoms with Crippen molar-refractivity contribution in [2.45, 2.75) is 6.92 Å². The number of nitrogens with zero attached hydrogens (tertiary/aromatic N) is 1. The van der Waals surface area contributed by atoms with E-state index >= 15 is 0 Å². The Bertz CT molecular complexity index is 484. The zero-order valence-electron chi connectivity index (χ0n) is 8.17. The Hall–Kier alpha value is -1.12. The summed E-state index contributed by atoms with van der Waals surface area (Å²) in [6.07, 6.45) is 1.80. The number of benzene rings is 1. The Kier molecular flexibility index (Phi) is 2.63. The molecule has 0 fully saturated rings. The van der Waals surface area contributed by atoms with Crippen LogP contribution < -0.4 is 5.84 Å². The van der Waals surface area contributed by atoms with Gasteiger partial charge in [-0.3, -0.25) is 4.68 Å². The molecular weight excluding hydrogens is 231 g/mol. The molecule has 15 heavy (non-hydrogen) atoms. The molecule has 0 atom stereocenters. The lowest BCUT2D eigenvalue weighted by Crippen LogP contribution is -2.08. The summed E-state index contributed by atoms with van der Waals surface area (Å²) >= 11 is 11.9. The standard InChI is InChI=1S/C11H10Cl2N2/c1-7-4-5-15(14)11(7)9-3-2-8(12)6-10(9)13/h2-6H,14H2,1H3. The molecule has 0 saturated carbocycles. The first-order valence-corrected chi connectivity index (χ1v) is 5.23. The van der Waals surface area contributed by atoms with Crippen LogP contribution in [0.1, 0.15) is 5.56 Å². The zero-order chi connectivity index (χ0) is 11.0. The molecule has 0 bridgehead atoms. The second-order valence-corrected chi connectivity index (χ2v) is 4.22. The summed E-state index contributed by atoms with van der Waals surface area (Å²) in [5.74, 6) is 5.81. The van der Waals surface area contributed by atoms with Crippen LogP contribution in [0.15, 0.2) is 30.5 Å². The summed E-state index contributed by atoms with van der Waals surface area (Å²) in [6.45, 7) is 1.99. The van der Waals surface area contributed by atoms with Gasteiger partial charge < -0.3 is 5.84 Å². The minimum atomic E-state index is 0.607. The van der Waals surface area contributed by atoms with E-state index in [1.165, 1.54) is 0 Å². The Labute approximate surface area is 98.2 Å². The fraction of sp³-hybridized carbons (Fsp3) is 0.0909. The third kappa shape index (κ3) is 1.83. The molecule has 0 unspecified atom stereocenters. The second-order valence-electron chi connectivity index (χ2n) is 3.38. The lowest BCUT2D eigenvalue weighted by Gasteiger charge is -2.07. The quantitative estimate of drug-likeness (QED) is 0.761. The molecular formula is C11H10Cl2N2. The van der Waals surface area contributed by atoms with Gasteiger partial charge in [0, 0.05) is 16.8 Å². The highest BCUT2D eigenvalue weighted by atomic mass is 35.5. The minimum absolute atomic E-state index is 0.607. The molecule has 0 spiro atoms. The number of nitrogens with two attached hydrogens (primary N) is 1. The first-order valence-electron chi connectivity index (χ1n) is 4.48. The molecule has 2 rings (SSSR count). The van der Waals surface area contributed by atoms with E-state index in [9.17, 15) is 0 Å². The lowest BCUT2D eigenvalue weighted by atomic mass is 10.1. The summed E-state index contributed by atoms with van der Waals surface area (Å²) in [6, 6.07) is 7.33. The largest absolute Gasteiger partial charge is 0.339 e. The molecule has 0 amide bonds. The van der Waals surface area contributed by atoms with Crippen LogP contribution in [0.25, 0.3) is 11.3 Å². The molecule has 1 heterocycles. The highest BCUT2D eigenvalue weighted by Crippen LogP contribution is 2.31. The SMILES string of the molecule is Cc1ccn(N)c1-c1ccc(Cl)cc1Cl. The van der Waals surface area contributed by atoms with Crippen LogP contribution >= 0.6 is 23.2 Å². The van der Waals surface area contributed by atoms with Crippen LogP contribution in [0.3, 0.4) is 0 Å². The maximum Gasteiger partial charge on any atom is 0.0734 e. The van der Waals surface area contributed by atoms with Crippen molar-refractivity contribution in [1.29, 1.82) is 0 Å². The Balaban J connectivity index is 2.64. The highest BCUT2D eigenvalue weighted by Gasteiger charge is 2.10. The van der Waals surface area contributed by atoms with Gasteiger partial charge in [-0.15, -0.1) is 0 Å². The molecule has 0 aliphatic carbocycles. The molecule has 1 aromatic carbocycles. The van der Waals surface area contributed by atoms with Gasteiger partial charge in [0.15, 0.2) is 0 Å². The molecule has 0 aliphatic heterocycles. The third-order valence-corrected chi connectivity index (χ3v) is 2.85. The molecule has 0 saturated heterocycles. The number of hydrogen-bond acceptors (Lipinski definition) is 1. The number of hydrogen-bond donors (Lipinski definition) is 1. The van der Waals surface area contributed by atoms with Gasteiger partial charge in [-0.25, -0.2) is 0 Å². The van der Waals surface area contributed by atoms with Crippen molar-refractivity contribution in [3.63, 3.8) is 0 Å². The highest BCUT2D eigenvalue weighted by molar-refractivity contribution is 6.36. The Morgan fingerprint density at radius 2 is 1.93 bits per heavy atom. The maximum atomic E-state index is 6.11. The van der Waals surface area contributed by atoms with Crippen LogP contribution in [0.4, 0.5) is 0 Å². The maximum absolute atomic E-state index is 6.11. The van der Waals surface area contributed by atoms with Crippen molar-refractivity contribution in [2.24, 2.45) is 0 Å². The molecule has 2 aromatic rings. The first kappa shape index (κ1) is 10.4. The normalized spacial score (nSPS) is 10.6. The van der Waals surface area contributed by atoms with Crippen LogP contribution in [0.2, 0.25) is 10.0 Å².